The first-order valence-corrected chi connectivity index (χ1v) is 5.86. The van der Waals surface area contributed by atoms with Gasteiger partial charge in [-0.05, 0) is 31.2 Å². The Labute approximate surface area is 110 Å². The molecule has 0 saturated heterocycles. The van der Waals surface area contributed by atoms with Crippen molar-refractivity contribution in [3.63, 3.8) is 0 Å². The molecule has 1 heterocycles. The van der Waals surface area contributed by atoms with E-state index in [-0.39, 0.29) is 23.1 Å². The lowest BCUT2D eigenvalue weighted by atomic mass is 10.1. The van der Waals surface area contributed by atoms with Crippen LogP contribution in [-0.4, -0.2) is 31.9 Å². The number of hydrogen-bond acceptors (Lipinski definition) is 4. The number of carbonyl (C=O) groups is 1. The molecule has 1 aromatic heterocycles. The molecular weight excluding hydrogens is 246 g/mol. The molecule has 0 aliphatic carbocycles. The summed E-state index contributed by atoms with van der Waals surface area (Å²) in [6, 6.07) is 5.47. The zero-order valence-corrected chi connectivity index (χ0v) is 10.4. The lowest BCUT2D eigenvalue weighted by molar-refractivity contribution is 0.0933. The minimum atomic E-state index is -0.437. The molecule has 19 heavy (non-hydrogen) atoms. The molecule has 0 bridgehead atoms. The highest BCUT2D eigenvalue weighted by atomic mass is 16.3. The lowest BCUT2D eigenvalue weighted by Gasteiger charge is -2.14. The number of rotatable bonds is 4. The van der Waals surface area contributed by atoms with Crippen LogP contribution in [0.1, 0.15) is 17.3 Å². The van der Waals surface area contributed by atoms with Crippen LogP contribution in [0.25, 0.3) is 0 Å². The van der Waals surface area contributed by atoms with Gasteiger partial charge in [0.25, 0.3) is 5.91 Å². The number of nitrogens with one attached hydrogen (secondary N) is 1. The summed E-state index contributed by atoms with van der Waals surface area (Å²) < 4.78 is 1.70. The van der Waals surface area contributed by atoms with E-state index in [9.17, 15) is 15.0 Å². The first kappa shape index (κ1) is 12.9. The summed E-state index contributed by atoms with van der Waals surface area (Å²) >= 11 is 0. The Morgan fingerprint density at radius 1 is 1.47 bits per heavy atom. The van der Waals surface area contributed by atoms with Gasteiger partial charge in [0.05, 0.1) is 12.1 Å². The fourth-order valence-electron chi connectivity index (χ4n) is 1.74. The number of phenolic OH excluding ortho intramolecular Hbond substituents is 2. The third-order valence-electron chi connectivity index (χ3n) is 2.62. The number of phenols is 2. The van der Waals surface area contributed by atoms with E-state index in [0.29, 0.717) is 6.54 Å². The van der Waals surface area contributed by atoms with Gasteiger partial charge in [-0.2, -0.15) is 5.10 Å². The molecule has 100 valence electrons. The van der Waals surface area contributed by atoms with Crippen LogP contribution in [0.5, 0.6) is 11.5 Å². The number of carbonyl (C=O) groups excluding carboxylic acids is 1. The Bertz CT molecular complexity index is 567. The fraction of sp³-hybridized carbons (Fsp3) is 0.231. The topological polar surface area (TPSA) is 87.4 Å². The van der Waals surface area contributed by atoms with Crippen molar-refractivity contribution in [2.24, 2.45) is 0 Å². The molecule has 0 spiro atoms. The Hall–Kier alpha value is -2.50. The first-order valence-electron chi connectivity index (χ1n) is 5.86. The predicted molar refractivity (Wildman–Crippen MR) is 68.9 cm³/mol. The SMILES string of the molecule is CC(Cn1cccn1)NC(=O)c1cc(O)ccc1O. The van der Waals surface area contributed by atoms with Crippen LogP contribution in [0.15, 0.2) is 36.7 Å². The largest absolute Gasteiger partial charge is 0.508 e. The van der Waals surface area contributed by atoms with Crippen LogP contribution in [0, 0.1) is 0 Å². The van der Waals surface area contributed by atoms with Gasteiger partial charge in [-0.3, -0.25) is 9.48 Å². The molecule has 6 heteroatoms. The highest BCUT2D eigenvalue weighted by molar-refractivity contribution is 5.97. The van der Waals surface area contributed by atoms with Gasteiger partial charge in [-0.25, -0.2) is 0 Å². The van der Waals surface area contributed by atoms with E-state index in [4.69, 9.17) is 0 Å². The fourth-order valence-corrected chi connectivity index (χ4v) is 1.74. The van der Waals surface area contributed by atoms with Crippen molar-refractivity contribution >= 4 is 5.91 Å². The summed E-state index contributed by atoms with van der Waals surface area (Å²) in [6.07, 6.45) is 3.46. The van der Waals surface area contributed by atoms with E-state index < -0.39 is 5.91 Å². The average Bonchev–Trinajstić information content (AvgIpc) is 2.84. The Balaban J connectivity index is 2.02. The summed E-state index contributed by atoms with van der Waals surface area (Å²) in [4.78, 5) is 11.9. The van der Waals surface area contributed by atoms with Crippen molar-refractivity contribution < 1.29 is 15.0 Å². The van der Waals surface area contributed by atoms with Gasteiger partial charge in [0.15, 0.2) is 0 Å². The molecule has 0 aliphatic heterocycles. The molecule has 6 nitrogen and oxygen atoms in total. The lowest BCUT2D eigenvalue weighted by Crippen LogP contribution is -2.35. The molecule has 1 aromatic carbocycles. The molecule has 1 atom stereocenters. The molecule has 2 aromatic rings. The van der Waals surface area contributed by atoms with Crippen molar-refractivity contribution in [3.8, 4) is 11.5 Å². The summed E-state index contributed by atoms with van der Waals surface area (Å²) in [6.45, 7) is 2.36. The first-order chi connectivity index (χ1) is 9.06. The standard InChI is InChI=1S/C13H15N3O3/c1-9(8-16-6-2-5-14-16)15-13(19)11-7-10(17)3-4-12(11)18/h2-7,9,17-18H,8H2,1H3,(H,15,19). The summed E-state index contributed by atoms with van der Waals surface area (Å²) in [7, 11) is 0. The van der Waals surface area contributed by atoms with Gasteiger partial charge in [-0.15, -0.1) is 0 Å². The maximum atomic E-state index is 11.9. The summed E-state index contributed by atoms with van der Waals surface area (Å²) in [5, 5.41) is 25.7. The average molecular weight is 261 g/mol. The molecule has 2 rings (SSSR count). The van der Waals surface area contributed by atoms with E-state index in [1.165, 1.54) is 18.2 Å². The molecule has 1 unspecified atom stereocenters. The second-order valence-corrected chi connectivity index (χ2v) is 4.30. The highest BCUT2D eigenvalue weighted by Crippen LogP contribution is 2.21. The van der Waals surface area contributed by atoms with Crippen LogP contribution in [0.2, 0.25) is 0 Å². The number of aromatic hydroxyl groups is 2. The number of nitrogens with zero attached hydrogens (tertiary/aromatic N) is 2. The van der Waals surface area contributed by atoms with Crippen LogP contribution in [-0.2, 0) is 6.54 Å². The van der Waals surface area contributed by atoms with Crippen molar-refractivity contribution in [1.82, 2.24) is 15.1 Å². The van der Waals surface area contributed by atoms with Gasteiger partial charge in [0.2, 0.25) is 0 Å². The smallest absolute Gasteiger partial charge is 0.255 e. The minimum Gasteiger partial charge on any atom is -0.508 e. The molecule has 0 radical (unpaired) electrons. The van der Waals surface area contributed by atoms with Crippen LogP contribution < -0.4 is 5.32 Å². The van der Waals surface area contributed by atoms with Crippen LogP contribution >= 0.6 is 0 Å². The van der Waals surface area contributed by atoms with Gasteiger partial charge >= 0.3 is 0 Å². The molecule has 0 fully saturated rings. The van der Waals surface area contributed by atoms with E-state index in [1.807, 2.05) is 6.92 Å². The summed E-state index contributed by atoms with van der Waals surface area (Å²) in [5.41, 5.74) is 0.0484. The molecule has 0 saturated carbocycles. The molecule has 3 N–H and O–H groups in total. The van der Waals surface area contributed by atoms with Gasteiger partial charge in [0, 0.05) is 18.4 Å². The second-order valence-electron chi connectivity index (χ2n) is 4.30. The summed E-state index contributed by atoms with van der Waals surface area (Å²) in [5.74, 6) is -0.669. The monoisotopic (exact) mass is 261 g/mol. The van der Waals surface area contributed by atoms with Crippen molar-refractivity contribution in [2.45, 2.75) is 19.5 Å². The molecular formula is C13H15N3O3. The number of aromatic nitrogens is 2. The van der Waals surface area contributed by atoms with Gasteiger partial charge < -0.3 is 15.5 Å². The third kappa shape index (κ3) is 3.25. The van der Waals surface area contributed by atoms with E-state index in [2.05, 4.69) is 10.4 Å². The molecule has 1 amide bonds. The maximum Gasteiger partial charge on any atom is 0.255 e. The van der Waals surface area contributed by atoms with E-state index >= 15 is 0 Å². The Morgan fingerprint density at radius 2 is 2.26 bits per heavy atom. The maximum absolute atomic E-state index is 11.9. The van der Waals surface area contributed by atoms with Crippen molar-refractivity contribution in [3.05, 3.63) is 42.2 Å². The molecule has 0 aliphatic rings. The highest BCUT2D eigenvalue weighted by Gasteiger charge is 2.14. The minimum absolute atomic E-state index is 0.0484. The van der Waals surface area contributed by atoms with E-state index in [0.717, 1.165) is 0 Å². The van der Waals surface area contributed by atoms with E-state index in [1.54, 1.807) is 23.1 Å². The number of amides is 1. The zero-order chi connectivity index (χ0) is 13.8. The Kier molecular flexibility index (Phi) is 3.70. The van der Waals surface area contributed by atoms with Gasteiger partial charge in [0.1, 0.15) is 11.5 Å². The number of hydrogen-bond donors (Lipinski definition) is 3. The quantitative estimate of drug-likeness (QED) is 0.719. The zero-order valence-electron chi connectivity index (χ0n) is 10.4. The second kappa shape index (κ2) is 5.43. The van der Waals surface area contributed by atoms with Gasteiger partial charge in [-0.1, -0.05) is 0 Å². The number of benzene rings is 1. The van der Waals surface area contributed by atoms with Crippen molar-refractivity contribution in [2.75, 3.05) is 0 Å². The Morgan fingerprint density at radius 3 is 2.95 bits per heavy atom. The van der Waals surface area contributed by atoms with Crippen LogP contribution in [0.4, 0.5) is 0 Å². The predicted octanol–water partition coefficient (Wildman–Crippen LogP) is 1.11. The normalized spacial score (nSPS) is 12.1. The third-order valence-corrected chi connectivity index (χ3v) is 2.62. The van der Waals surface area contributed by atoms with Crippen molar-refractivity contribution in [1.29, 1.82) is 0 Å². The van der Waals surface area contributed by atoms with Crippen LogP contribution in [0.3, 0.4) is 0 Å².